The Labute approximate surface area is 117 Å². The molecule has 114 valence electrons. The number of hydrogen-bond acceptors (Lipinski definition) is 4. The first-order chi connectivity index (χ1) is 8.79. The average molecular weight is 292 g/mol. The predicted molar refractivity (Wildman–Crippen MR) is 77.5 cm³/mol. The first-order valence-electron chi connectivity index (χ1n) is 7.13. The van der Waals surface area contributed by atoms with Crippen molar-refractivity contribution < 1.29 is 13.5 Å². The molecule has 0 bridgehead atoms. The molecule has 1 aliphatic rings. The zero-order valence-corrected chi connectivity index (χ0v) is 13.1. The molecule has 0 aliphatic carbocycles. The number of nitrogens with one attached hydrogen (secondary N) is 1. The molecule has 1 aliphatic heterocycles. The second kappa shape index (κ2) is 7.57. The highest BCUT2D eigenvalue weighted by Crippen LogP contribution is 2.17. The molecule has 0 aromatic heterocycles. The number of aliphatic hydroxyl groups is 1. The zero-order chi connectivity index (χ0) is 14.5. The van der Waals surface area contributed by atoms with Gasteiger partial charge >= 0.3 is 0 Å². The summed E-state index contributed by atoms with van der Waals surface area (Å²) in [5, 5.41) is 13.0. The summed E-state index contributed by atoms with van der Waals surface area (Å²) in [5.74, 6) is 0.849. The van der Waals surface area contributed by atoms with E-state index in [0.717, 1.165) is 25.8 Å². The van der Waals surface area contributed by atoms with E-state index in [1.807, 2.05) is 0 Å². The smallest absolute Gasteiger partial charge is 0.211 e. The minimum atomic E-state index is -3.06. The molecule has 1 fully saturated rings. The summed E-state index contributed by atoms with van der Waals surface area (Å²) in [6.45, 7) is 6.80. The molecule has 5 nitrogen and oxygen atoms in total. The van der Waals surface area contributed by atoms with Crippen molar-refractivity contribution in [3.05, 3.63) is 0 Å². The fourth-order valence-corrected chi connectivity index (χ4v) is 3.52. The summed E-state index contributed by atoms with van der Waals surface area (Å²) >= 11 is 0. The molecule has 1 saturated heterocycles. The van der Waals surface area contributed by atoms with E-state index in [1.165, 1.54) is 6.26 Å². The van der Waals surface area contributed by atoms with Gasteiger partial charge in [0.15, 0.2) is 0 Å². The topological polar surface area (TPSA) is 69.6 Å². The standard InChI is InChI=1S/C13H28N2O3S/c1-11(2)7-13(16)9-14-8-12-5-4-6-15(10-12)19(3,17)18/h11-14,16H,4-10H2,1-3H3. The molecule has 0 aromatic rings. The third kappa shape index (κ3) is 6.70. The van der Waals surface area contributed by atoms with Gasteiger partial charge in [-0.2, -0.15) is 0 Å². The number of sulfonamides is 1. The maximum absolute atomic E-state index is 11.5. The molecule has 0 spiro atoms. The molecule has 0 saturated carbocycles. The normalized spacial score (nSPS) is 23.7. The van der Waals surface area contributed by atoms with Gasteiger partial charge in [0.1, 0.15) is 0 Å². The van der Waals surface area contributed by atoms with Crippen LogP contribution < -0.4 is 5.32 Å². The molecule has 0 aromatic carbocycles. The first-order valence-corrected chi connectivity index (χ1v) is 8.97. The van der Waals surface area contributed by atoms with Gasteiger partial charge in [-0.25, -0.2) is 12.7 Å². The number of piperidine rings is 1. The summed E-state index contributed by atoms with van der Waals surface area (Å²) in [6.07, 6.45) is 3.74. The highest BCUT2D eigenvalue weighted by atomic mass is 32.2. The molecular formula is C13H28N2O3S. The minimum absolute atomic E-state index is 0.311. The average Bonchev–Trinajstić information content (AvgIpc) is 2.27. The summed E-state index contributed by atoms with van der Waals surface area (Å²) < 4.78 is 24.6. The van der Waals surface area contributed by atoms with E-state index in [1.54, 1.807) is 4.31 Å². The van der Waals surface area contributed by atoms with Gasteiger partial charge in [0.25, 0.3) is 0 Å². The second-order valence-corrected chi connectivity index (χ2v) is 8.05. The summed E-state index contributed by atoms with van der Waals surface area (Å²) in [4.78, 5) is 0. The van der Waals surface area contributed by atoms with E-state index < -0.39 is 10.0 Å². The Bertz CT molecular complexity index is 357. The molecule has 1 rings (SSSR count). The van der Waals surface area contributed by atoms with Gasteiger partial charge in [-0.05, 0) is 37.6 Å². The monoisotopic (exact) mass is 292 g/mol. The van der Waals surface area contributed by atoms with Crippen LogP contribution in [-0.2, 0) is 10.0 Å². The van der Waals surface area contributed by atoms with Crippen LogP contribution in [0, 0.1) is 11.8 Å². The van der Waals surface area contributed by atoms with E-state index in [4.69, 9.17) is 0 Å². The lowest BCUT2D eigenvalue weighted by atomic mass is 9.99. The Morgan fingerprint density at radius 1 is 1.42 bits per heavy atom. The quantitative estimate of drug-likeness (QED) is 0.723. The highest BCUT2D eigenvalue weighted by molar-refractivity contribution is 7.88. The third-order valence-electron chi connectivity index (χ3n) is 3.51. The lowest BCUT2D eigenvalue weighted by Crippen LogP contribution is -2.43. The molecule has 6 heteroatoms. The fraction of sp³-hybridized carbons (Fsp3) is 1.00. The van der Waals surface area contributed by atoms with Crippen molar-refractivity contribution >= 4 is 10.0 Å². The van der Waals surface area contributed by atoms with Gasteiger partial charge in [-0.1, -0.05) is 13.8 Å². The van der Waals surface area contributed by atoms with Crippen molar-refractivity contribution in [3.63, 3.8) is 0 Å². The third-order valence-corrected chi connectivity index (χ3v) is 4.78. The Kier molecular flexibility index (Phi) is 6.73. The second-order valence-electron chi connectivity index (χ2n) is 6.07. The van der Waals surface area contributed by atoms with Crippen molar-refractivity contribution in [1.29, 1.82) is 0 Å². The minimum Gasteiger partial charge on any atom is -0.392 e. The Morgan fingerprint density at radius 2 is 2.11 bits per heavy atom. The van der Waals surface area contributed by atoms with Crippen LogP contribution in [0.2, 0.25) is 0 Å². The molecule has 19 heavy (non-hydrogen) atoms. The van der Waals surface area contributed by atoms with E-state index in [9.17, 15) is 13.5 Å². The lowest BCUT2D eigenvalue weighted by molar-refractivity contribution is 0.142. The van der Waals surface area contributed by atoms with Crippen LogP contribution in [0.1, 0.15) is 33.1 Å². The predicted octanol–water partition coefficient (Wildman–Crippen LogP) is 0.655. The van der Waals surface area contributed by atoms with Crippen LogP contribution in [0.3, 0.4) is 0 Å². The van der Waals surface area contributed by atoms with Gasteiger partial charge in [0.05, 0.1) is 12.4 Å². The van der Waals surface area contributed by atoms with Crippen LogP contribution in [0.4, 0.5) is 0 Å². The maximum Gasteiger partial charge on any atom is 0.211 e. The number of nitrogens with zero attached hydrogens (tertiary/aromatic N) is 1. The Balaban J connectivity index is 2.26. The van der Waals surface area contributed by atoms with Crippen LogP contribution >= 0.6 is 0 Å². The summed E-state index contributed by atoms with van der Waals surface area (Å²) in [5.41, 5.74) is 0. The largest absolute Gasteiger partial charge is 0.392 e. The van der Waals surface area contributed by atoms with Crippen LogP contribution in [0.25, 0.3) is 0 Å². The van der Waals surface area contributed by atoms with Gasteiger partial charge < -0.3 is 10.4 Å². The van der Waals surface area contributed by atoms with E-state index in [-0.39, 0.29) is 6.10 Å². The fourth-order valence-electron chi connectivity index (χ4n) is 2.58. The molecule has 2 unspecified atom stereocenters. The Hall–Kier alpha value is -0.170. The van der Waals surface area contributed by atoms with Crippen LogP contribution in [0.5, 0.6) is 0 Å². The Morgan fingerprint density at radius 3 is 2.68 bits per heavy atom. The van der Waals surface area contributed by atoms with Crippen molar-refractivity contribution in [3.8, 4) is 0 Å². The molecule has 2 N–H and O–H groups in total. The summed E-state index contributed by atoms with van der Waals surface area (Å²) in [7, 11) is -3.06. The van der Waals surface area contributed by atoms with Gasteiger partial charge in [-0.3, -0.25) is 0 Å². The van der Waals surface area contributed by atoms with Gasteiger partial charge in [0.2, 0.25) is 10.0 Å². The molecule has 0 amide bonds. The zero-order valence-electron chi connectivity index (χ0n) is 12.3. The summed E-state index contributed by atoms with van der Waals surface area (Å²) in [6, 6.07) is 0. The number of rotatable bonds is 7. The van der Waals surface area contributed by atoms with Crippen LogP contribution in [0.15, 0.2) is 0 Å². The van der Waals surface area contributed by atoms with Gasteiger partial charge in [0, 0.05) is 19.6 Å². The van der Waals surface area contributed by atoms with Crippen molar-refractivity contribution in [2.24, 2.45) is 11.8 Å². The number of hydrogen-bond donors (Lipinski definition) is 2. The van der Waals surface area contributed by atoms with Crippen molar-refractivity contribution in [2.45, 2.75) is 39.2 Å². The van der Waals surface area contributed by atoms with Gasteiger partial charge in [-0.15, -0.1) is 0 Å². The molecule has 2 atom stereocenters. The van der Waals surface area contributed by atoms with E-state index in [2.05, 4.69) is 19.2 Å². The highest BCUT2D eigenvalue weighted by Gasteiger charge is 2.25. The molecule has 1 heterocycles. The first kappa shape index (κ1) is 16.9. The lowest BCUT2D eigenvalue weighted by Gasteiger charge is -2.31. The van der Waals surface area contributed by atoms with Crippen molar-refractivity contribution in [2.75, 3.05) is 32.4 Å². The molecule has 0 radical (unpaired) electrons. The number of aliphatic hydroxyl groups excluding tert-OH is 1. The van der Waals surface area contributed by atoms with Crippen molar-refractivity contribution in [1.82, 2.24) is 9.62 Å². The SMILES string of the molecule is CC(C)CC(O)CNCC1CCCN(S(C)(=O)=O)C1. The maximum atomic E-state index is 11.5. The van der Waals surface area contributed by atoms with E-state index >= 15 is 0 Å². The van der Waals surface area contributed by atoms with Crippen LogP contribution in [-0.4, -0.2) is 56.4 Å². The van der Waals surface area contributed by atoms with E-state index in [0.29, 0.717) is 31.5 Å². The molecular weight excluding hydrogens is 264 g/mol.